The molecule has 2 aliphatic rings. The zero-order valence-corrected chi connectivity index (χ0v) is 10.6. The van der Waals surface area contributed by atoms with Crippen LogP contribution < -0.4 is 11.1 Å². The lowest BCUT2D eigenvalue weighted by Gasteiger charge is -2.25. The summed E-state index contributed by atoms with van der Waals surface area (Å²) < 4.78 is 0. The summed E-state index contributed by atoms with van der Waals surface area (Å²) >= 11 is 1.95. The lowest BCUT2D eigenvalue weighted by atomic mass is 9.95. The Bertz CT molecular complexity index is 241. The number of rotatable bonds is 3. The smallest absolute Gasteiger partial charge is 0.223 e. The average molecular weight is 242 g/mol. The van der Waals surface area contributed by atoms with Gasteiger partial charge in [-0.15, -0.1) is 0 Å². The highest BCUT2D eigenvalue weighted by atomic mass is 32.2. The zero-order chi connectivity index (χ0) is 11.4. The van der Waals surface area contributed by atoms with E-state index in [4.69, 9.17) is 5.73 Å². The van der Waals surface area contributed by atoms with Crippen molar-refractivity contribution in [3.05, 3.63) is 0 Å². The molecule has 0 aromatic rings. The van der Waals surface area contributed by atoms with Crippen molar-refractivity contribution in [1.82, 2.24) is 5.32 Å². The van der Waals surface area contributed by atoms with E-state index in [1.54, 1.807) is 0 Å². The van der Waals surface area contributed by atoms with E-state index in [2.05, 4.69) is 5.32 Å². The van der Waals surface area contributed by atoms with Gasteiger partial charge in [-0.2, -0.15) is 11.8 Å². The lowest BCUT2D eigenvalue weighted by Crippen LogP contribution is -2.43. The monoisotopic (exact) mass is 242 g/mol. The van der Waals surface area contributed by atoms with Crippen LogP contribution in [0.5, 0.6) is 0 Å². The van der Waals surface area contributed by atoms with Crippen molar-refractivity contribution < 1.29 is 4.79 Å². The highest BCUT2D eigenvalue weighted by molar-refractivity contribution is 7.99. The second kappa shape index (κ2) is 5.92. The van der Waals surface area contributed by atoms with E-state index in [9.17, 15) is 4.79 Å². The Hall–Kier alpha value is -0.220. The van der Waals surface area contributed by atoms with Crippen molar-refractivity contribution in [3.63, 3.8) is 0 Å². The second-order valence-electron chi connectivity index (χ2n) is 4.96. The molecule has 3 N–H and O–H groups in total. The Labute approximate surface area is 102 Å². The molecule has 1 amide bonds. The minimum Gasteiger partial charge on any atom is -0.352 e. The number of thioether (sulfide) groups is 1. The molecule has 1 aliphatic heterocycles. The van der Waals surface area contributed by atoms with Crippen LogP contribution in [0.2, 0.25) is 0 Å². The average Bonchev–Trinajstić information content (AvgIpc) is 2.78. The molecule has 1 saturated heterocycles. The van der Waals surface area contributed by atoms with Gasteiger partial charge in [0.15, 0.2) is 0 Å². The lowest BCUT2D eigenvalue weighted by molar-refractivity contribution is -0.126. The van der Waals surface area contributed by atoms with Crippen LogP contribution in [0.4, 0.5) is 0 Å². The van der Waals surface area contributed by atoms with Gasteiger partial charge in [-0.25, -0.2) is 0 Å². The maximum atomic E-state index is 12.1. The standard InChI is InChI=1S/C12H22N2OS/c13-7-9-3-1-5-11(9)12(15)14-10-4-2-6-16-8-10/h9-11H,1-8,13H2,(H,14,15). The molecule has 3 unspecified atom stereocenters. The maximum absolute atomic E-state index is 12.1. The Balaban J connectivity index is 1.82. The normalized spacial score (nSPS) is 34.9. The third kappa shape index (κ3) is 2.92. The summed E-state index contributed by atoms with van der Waals surface area (Å²) in [4.78, 5) is 12.1. The van der Waals surface area contributed by atoms with E-state index >= 15 is 0 Å². The van der Waals surface area contributed by atoms with Crippen LogP contribution in [0.1, 0.15) is 32.1 Å². The van der Waals surface area contributed by atoms with Crippen molar-refractivity contribution in [2.45, 2.75) is 38.1 Å². The summed E-state index contributed by atoms with van der Waals surface area (Å²) in [6, 6.07) is 0.408. The third-order valence-corrected chi connectivity index (χ3v) is 5.02. The maximum Gasteiger partial charge on any atom is 0.223 e. The molecule has 1 aliphatic carbocycles. The predicted octanol–water partition coefficient (Wildman–Crippen LogP) is 1.37. The van der Waals surface area contributed by atoms with Gasteiger partial charge < -0.3 is 11.1 Å². The van der Waals surface area contributed by atoms with Crippen LogP contribution in [-0.2, 0) is 4.79 Å². The molecule has 3 atom stereocenters. The number of nitrogens with two attached hydrogens (primary N) is 1. The molecular weight excluding hydrogens is 220 g/mol. The van der Waals surface area contributed by atoms with Gasteiger partial charge in [-0.05, 0) is 43.9 Å². The van der Waals surface area contributed by atoms with E-state index in [-0.39, 0.29) is 11.8 Å². The molecule has 1 heterocycles. The molecule has 0 aromatic carbocycles. The van der Waals surface area contributed by atoms with Crippen LogP contribution >= 0.6 is 11.8 Å². The number of carbonyl (C=O) groups is 1. The predicted molar refractivity (Wildman–Crippen MR) is 68.4 cm³/mol. The Kier molecular flexibility index (Phi) is 4.53. The van der Waals surface area contributed by atoms with E-state index in [0.29, 0.717) is 18.5 Å². The first-order valence-corrected chi connectivity index (χ1v) is 7.55. The van der Waals surface area contributed by atoms with E-state index in [1.807, 2.05) is 11.8 Å². The summed E-state index contributed by atoms with van der Waals surface area (Å²) in [6.07, 6.45) is 5.72. The first-order valence-electron chi connectivity index (χ1n) is 6.39. The summed E-state index contributed by atoms with van der Waals surface area (Å²) in [6.45, 7) is 0.664. The van der Waals surface area contributed by atoms with Crippen molar-refractivity contribution in [1.29, 1.82) is 0 Å². The first-order chi connectivity index (χ1) is 7.81. The molecular formula is C12H22N2OS. The molecule has 92 valence electrons. The molecule has 3 nitrogen and oxygen atoms in total. The summed E-state index contributed by atoms with van der Waals surface area (Å²) in [5.74, 6) is 3.22. The van der Waals surface area contributed by atoms with Gasteiger partial charge in [0.2, 0.25) is 5.91 Å². The van der Waals surface area contributed by atoms with E-state index in [1.165, 1.54) is 18.6 Å². The SMILES string of the molecule is NCC1CCCC1C(=O)NC1CCCSC1. The van der Waals surface area contributed by atoms with Crippen LogP contribution in [-0.4, -0.2) is 30.0 Å². The van der Waals surface area contributed by atoms with Crippen molar-refractivity contribution in [2.75, 3.05) is 18.1 Å². The fourth-order valence-corrected chi connectivity index (χ4v) is 3.90. The van der Waals surface area contributed by atoms with E-state index < -0.39 is 0 Å². The van der Waals surface area contributed by atoms with Crippen LogP contribution in [0.15, 0.2) is 0 Å². The van der Waals surface area contributed by atoms with Crippen LogP contribution in [0.25, 0.3) is 0 Å². The van der Waals surface area contributed by atoms with Crippen LogP contribution in [0, 0.1) is 11.8 Å². The largest absolute Gasteiger partial charge is 0.352 e. The molecule has 2 fully saturated rings. The number of hydrogen-bond donors (Lipinski definition) is 2. The minimum atomic E-state index is 0.192. The molecule has 2 rings (SSSR count). The highest BCUT2D eigenvalue weighted by Crippen LogP contribution is 2.31. The Morgan fingerprint density at radius 3 is 2.88 bits per heavy atom. The van der Waals surface area contributed by atoms with Crippen molar-refractivity contribution in [2.24, 2.45) is 17.6 Å². The van der Waals surface area contributed by atoms with Gasteiger partial charge in [-0.3, -0.25) is 4.79 Å². The van der Waals surface area contributed by atoms with Gasteiger partial charge in [0.1, 0.15) is 0 Å². The topological polar surface area (TPSA) is 55.1 Å². The Morgan fingerprint density at radius 2 is 2.19 bits per heavy atom. The number of amides is 1. The fourth-order valence-electron chi connectivity index (χ4n) is 2.83. The van der Waals surface area contributed by atoms with Crippen molar-refractivity contribution in [3.8, 4) is 0 Å². The molecule has 0 spiro atoms. The molecule has 16 heavy (non-hydrogen) atoms. The third-order valence-electron chi connectivity index (χ3n) is 3.81. The van der Waals surface area contributed by atoms with Gasteiger partial charge in [0.05, 0.1) is 0 Å². The van der Waals surface area contributed by atoms with Gasteiger partial charge in [-0.1, -0.05) is 6.42 Å². The second-order valence-corrected chi connectivity index (χ2v) is 6.11. The fraction of sp³-hybridized carbons (Fsp3) is 0.917. The summed E-state index contributed by atoms with van der Waals surface area (Å²) in [5, 5.41) is 3.21. The summed E-state index contributed by atoms with van der Waals surface area (Å²) in [7, 11) is 0. The molecule has 1 saturated carbocycles. The number of hydrogen-bond acceptors (Lipinski definition) is 3. The van der Waals surface area contributed by atoms with Gasteiger partial charge in [0.25, 0.3) is 0 Å². The summed E-state index contributed by atoms with van der Waals surface area (Å²) in [5.41, 5.74) is 5.71. The minimum absolute atomic E-state index is 0.192. The molecule has 0 aromatic heterocycles. The number of carbonyl (C=O) groups excluding carboxylic acids is 1. The molecule has 4 heteroatoms. The molecule has 0 bridgehead atoms. The number of nitrogens with one attached hydrogen (secondary N) is 1. The van der Waals surface area contributed by atoms with Crippen LogP contribution in [0.3, 0.4) is 0 Å². The molecule has 0 radical (unpaired) electrons. The zero-order valence-electron chi connectivity index (χ0n) is 9.78. The van der Waals surface area contributed by atoms with Gasteiger partial charge in [0, 0.05) is 17.7 Å². The Morgan fingerprint density at radius 1 is 1.31 bits per heavy atom. The van der Waals surface area contributed by atoms with E-state index in [0.717, 1.165) is 25.0 Å². The quantitative estimate of drug-likeness (QED) is 0.786. The van der Waals surface area contributed by atoms with Crippen molar-refractivity contribution >= 4 is 17.7 Å². The van der Waals surface area contributed by atoms with Gasteiger partial charge >= 0.3 is 0 Å². The first kappa shape index (κ1) is 12.2. The highest BCUT2D eigenvalue weighted by Gasteiger charge is 2.32.